The lowest BCUT2D eigenvalue weighted by atomic mass is 11.3. The lowest BCUT2D eigenvalue weighted by molar-refractivity contribution is 0.275. The summed E-state index contributed by atoms with van der Waals surface area (Å²) in [6.07, 6.45) is 0. The summed E-state index contributed by atoms with van der Waals surface area (Å²) in [6.45, 7) is 9.85. The van der Waals surface area contributed by atoms with Crippen molar-refractivity contribution in [3.8, 4) is 0 Å². The second-order valence-electron chi connectivity index (χ2n) is 3.13. The summed E-state index contributed by atoms with van der Waals surface area (Å²) < 4.78 is 16.7. The molecule has 1 unspecified atom stereocenters. The quantitative estimate of drug-likeness (QED) is 0.587. The molecule has 1 rings (SSSR count). The van der Waals surface area contributed by atoms with Gasteiger partial charge in [0.2, 0.25) is 0 Å². The molecule has 0 aliphatic carbocycles. The topological polar surface area (TPSA) is 27.7 Å². The highest BCUT2D eigenvalue weighted by Crippen LogP contribution is 2.21. The summed E-state index contributed by atoms with van der Waals surface area (Å²) >= 11 is 0. The Morgan fingerprint density at radius 2 is 1.91 bits per heavy atom. The van der Waals surface area contributed by atoms with Crippen molar-refractivity contribution in [3.63, 3.8) is 0 Å². The molecule has 3 nitrogen and oxygen atoms in total. The van der Waals surface area contributed by atoms with Gasteiger partial charge in [-0.1, -0.05) is 5.70 Å². The van der Waals surface area contributed by atoms with Crippen LogP contribution in [0.3, 0.4) is 0 Å². The summed E-state index contributed by atoms with van der Waals surface area (Å²) in [6, 6.07) is 0. The number of rotatable bonds is 1. The van der Waals surface area contributed by atoms with E-state index in [1.54, 1.807) is 0 Å². The molecular weight excluding hydrogens is 192 g/mol. The molecule has 1 heterocycles. The van der Waals surface area contributed by atoms with Crippen LogP contribution in [-0.2, 0) is 12.3 Å². The fourth-order valence-corrected chi connectivity index (χ4v) is 10.0. The van der Waals surface area contributed by atoms with Gasteiger partial charge >= 0.3 is 17.1 Å². The predicted molar refractivity (Wildman–Crippen MR) is 51.1 cm³/mol. The van der Waals surface area contributed by atoms with Crippen LogP contribution in [0.15, 0.2) is 12.3 Å². The lowest BCUT2D eigenvalue weighted by Gasteiger charge is -2.38. The first-order chi connectivity index (χ1) is 4.97. The molecule has 6 heteroatoms. The molecule has 1 fully saturated rings. The van der Waals surface area contributed by atoms with Crippen molar-refractivity contribution in [2.24, 2.45) is 0 Å². The minimum absolute atomic E-state index is 0.784. The van der Waals surface area contributed by atoms with E-state index in [1.165, 1.54) is 0 Å². The van der Waals surface area contributed by atoms with Crippen LogP contribution >= 0.6 is 0 Å². The predicted octanol–water partition coefficient (Wildman–Crippen LogP) is 0.548. The maximum Gasteiger partial charge on any atom is 0.343 e. The van der Waals surface area contributed by atoms with Gasteiger partial charge in [-0.3, -0.25) is 0 Å². The molecule has 0 saturated carbocycles. The van der Waals surface area contributed by atoms with Gasteiger partial charge in [-0.05, 0) is 19.6 Å². The van der Waals surface area contributed by atoms with Gasteiger partial charge in [-0.15, -0.1) is 6.58 Å². The molecule has 0 bridgehead atoms. The molecule has 0 aromatic heterocycles. The van der Waals surface area contributed by atoms with E-state index in [-0.39, 0.29) is 0 Å². The SMILES string of the molecule is C=C[Si]1(C)O[SiH2]O[Si](C)(C)O1. The minimum Gasteiger partial charge on any atom is -0.420 e. The largest absolute Gasteiger partial charge is 0.420 e. The van der Waals surface area contributed by atoms with Gasteiger partial charge < -0.3 is 12.3 Å². The maximum atomic E-state index is 5.76. The van der Waals surface area contributed by atoms with Gasteiger partial charge in [0.1, 0.15) is 0 Å². The van der Waals surface area contributed by atoms with Crippen molar-refractivity contribution in [1.82, 2.24) is 0 Å². The molecule has 0 N–H and O–H groups in total. The summed E-state index contributed by atoms with van der Waals surface area (Å²) in [7, 11) is -4.59. The van der Waals surface area contributed by atoms with E-state index in [2.05, 4.69) is 19.7 Å². The Morgan fingerprint density at radius 3 is 2.27 bits per heavy atom. The molecule has 0 aromatic carbocycles. The van der Waals surface area contributed by atoms with E-state index in [4.69, 9.17) is 12.3 Å². The molecule has 64 valence electrons. The molecule has 1 aliphatic rings. The van der Waals surface area contributed by atoms with Crippen LogP contribution in [0.2, 0.25) is 19.6 Å². The highest BCUT2D eigenvalue weighted by atomic mass is 28.5. The molecule has 1 saturated heterocycles. The Morgan fingerprint density at radius 1 is 1.27 bits per heavy atom. The van der Waals surface area contributed by atoms with Gasteiger partial charge in [-0.25, -0.2) is 0 Å². The Labute approximate surface area is 71.9 Å². The lowest BCUT2D eigenvalue weighted by Crippen LogP contribution is -2.56. The van der Waals surface area contributed by atoms with Crippen LogP contribution in [-0.4, -0.2) is 27.1 Å². The van der Waals surface area contributed by atoms with Crippen molar-refractivity contribution in [2.75, 3.05) is 0 Å². The molecule has 11 heavy (non-hydrogen) atoms. The zero-order valence-corrected chi connectivity index (χ0v) is 10.6. The molecular formula is C5H14O3Si3. The minimum atomic E-state index is -1.98. The fourth-order valence-electron chi connectivity index (χ4n) is 0.936. The van der Waals surface area contributed by atoms with Crippen LogP contribution in [0.25, 0.3) is 0 Å². The van der Waals surface area contributed by atoms with Crippen LogP contribution in [0.4, 0.5) is 0 Å². The van der Waals surface area contributed by atoms with Crippen LogP contribution in [0.1, 0.15) is 0 Å². The highest BCUT2D eigenvalue weighted by Gasteiger charge is 2.41. The van der Waals surface area contributed by atoms with E-state index >= 15 is 0 Å². The zero-order valence-electron chi connectivity index (χ0n) is 7.22. The average Bonchev–Trinajstić information content (AvgIpc) is 1.85. The fraction of sp³-hybridized carbons (Fsp3) is 0.600. The molecule has 1 aliphatic heterocycles. The zero-order chi connectivity index (χ0) is 8.54. The van der Waals surface area contributed by atoms with E-state index in [0.717, 1.165) is 0 Å². The first-order valence-electron chi connectivity index (χ1n) is 3.59. The second-order valence-corrected chi connectivity index (χ2v) is 11.7. The van der Waals surface area contributed by atoms with E-state index in [1.807, 2.05) is 12.2 Å². The molecule has 0 radical (unpaired) electrons. The molecule has 0 spiro atoms. The first-order valence-corrected chi connectivity index (χ1v) is 9.96. The Bertz CT molecular complexity index is 172. The molecule has 0 aromatic rings. The van der Waals surface area contributed by atoms with E-state index in [0.29, 0.717) is 0 Å². The van der Waals surface area contributed by atoms with Crippen molar-refractivity contribution in [3.05, 3.63) is 12.3 Å². The Hall–Kier alpha value is 0.271. The van der Waals surface area contributed by atoms with E-state index < -0.39 is 27.1 Å². The third kappa shape index (κ3) is 2.36. The second kappa shape index (κ2) is 2.96. The van der Waals surface area contributed by atoms with Crippen LogP contribution < -0.4 is 0 Å². The number of hydrogen-bond donors (Lipinski definition) is 0. The Kier molecular flexibility index (Phi) is 2.52. The van der Waals surface area contributed by atoms with Gasteiger partial charge in [0.15, 0.2) is 0 Å². The third-order valence-corrected chi connectivity index (χ3v) is 11.9. The monoisotopic (exact) mass is 206 g/mol. The van der Waals surface area contributed by atoms with Gasteiger partial charge in [0.25, 0.3) is 10.0 Å². The smallest absolute Gasteiger partial charge is 0.343 e. The van der Waals surface area contributed by atoms with Crippen molar-refractivity contribution in [2.45, 2.75) is 19.6 Å². The maximum absolute atomic E-state index is 5.76. The molecule has 1 atom stereocenters. The Balaban J connectivity index is 2.66. The van der Waals surface area contributed by atoms with Gasteiger partial charge in [-0.2, -0.15) is 0 Å². The normalized spacial score (nSPS) is 38.8. The standard InChI is InChI=1S/C5H14O3Si3/c1-5-11(4)7-9-6-10(2,3)8-11/h5H,1,9H2,2-4H3. The van der Waals surface area contributed by atoms with Crippen molar-refractivity contribution >= 4 is 27.1 Å². The summed E-state index contributed by atoms with van der Waals surface area (Å²) in [5.74, 6) is 0. The van der Waals surface area contributed by atoms with Crippen LogP contribution in [0, 0.1) is 0 Å². The summed E-state index contributed by atoms with van der Waals surface area (Å²) in [5, 5.41) is 0. The third-order valence-electron chi connectivity index (χ3n) is 1.57. The van der Waals surface area contributed by atoms with Gasteiger partial charge in [0.05, 0.1) is 0 Å². The van der Waals surface area contributed by atoms with Gasteiger partial charge in [0, 0.05) is 0 Å². The highest BCUT2D eigenvalue weighted by molar-refractivity contribution is 6.87. The summed E-state index contributed by atoms with van der Waals surface area (Å²) in [5.41, 5.74) is 1.83. The van der Waals surface area contributed by atoms with E-state index in [9.17, 15) is 0 Å². The average molecular weight is 206 g/mol. The summed E-state index contributed by atoms with van der Waals surface area (Å²) in [4.78, 5) is 0. The number of hydrogen-bond acceptors (Lipinski definition) is 3. The van der Waals surface area contributed by atoms with Crippen molar-refractivity contribution < 1.29 is 12.3 Å². The van der Waals surface area contributed by atoms with Crippen LogP contribution in [0.5, 0.6) is 0 Å². The van der Waals surface area contributed by atoms with Crippen molar-refractivity contribution in [1.29, 1.82) is 0 Å². The first kappa shape index (κ1) is 9.36. The molecule has 0 amide bonds.